The molecule has 1 N–H and O–H groups in total. The summed E-state index contributed by atoms with van der Waals surface area (Å²) in [6, 6.07) is 7.81. The molecule has 0 bridgehead atoms. The minimum Gasteiger partial charge on any atom is -0.382 e. The van der Waals surface area contributed by atoms with Crippen LogP contribution >= 0.6 is 23.4 Å². The van der Waals surface area contributed by atoms with E-state index in [0.29, 0.717) is 17.3 Å². The van der Waals surface area contributed by atoms with Crippen LogP contribution in [0, 0.1) is 0 Å². The van der Waals surface area contributed by atoms with E-state index in [9.17, 15) is 5.11 Å². The van der Waals surface area contributed by atoms with Crippen molar-refractivity contribution in [3.05, 3.63) is 46.7 Å². The molecule has 0 fully saturated rings. The van der Waals surface area contributed by atoms with Crippen LogP contribution in [0.3, 0.4) is 0 Å². The van der Waals surface area contributed by atoms with Gasteiger partial charge in [-0.1, -0.05) is 23.7 Å². The highest BCUT2D eigenvalue weighted by atomic mass is 35.5. The Kier molecular flexibility index (Phi) is 4.32. The van der Waals surface area contributed by atoms with Crippen LogP contribution in [0.1, 0.15) is 24.3 Å². The van der Waals surface area contributed by atoms with E-state index < -0.39 is 6.10 Å². The summed E-state index contributed by atoms with van der Waals surface area (Å²) in [6.07, 6.45) is 2.85. The van der Waals surface area contributed by atoms with E-state index >= 15 is 0 Å². The van der Waals surface area contributed by atoms with Gasteiger partial charge in [0, 0.05) is 11.4 Å². The fourth-order valence-corrected chi connectivity index (χ4v) is 2.49. The molecule has 0 saturated carbocycles. The number of aliphatic hydroxyl groups excluding tert-OH is 1. The number of aromatic nitrogens is 2. The third-order valence-corrected chi connectivity index (χ3v) is 3.86. The first-order valence-corrected chi connectivity index (χ1v) is 7.30. The Balaban J connectivity index is 2.34. The lowest BCUT2D eigenvalue weighted by Crippen LogP contribution is -2.09. The van der Waals surface area contributed by atoms with Crippen molar-refractivity contribution in [3.8, 4) is 0 Å². The molecule has 0 aliphatic carbocycles. The Morgan fingerprint density at radius 3 is 2.61 bits per heavy atom. The highest BCUT2D eigenvalue weighted by Crippen LogP contribution is 2.29. The first kappa shape index (κ1) is 13.5. The van der Waals surface area contributed by atoms with Crippen LogP contribution in [0.4, 0.5) is 0 Å². The molecule has 5 heteroatoms. The number of hydrogen-bond acceptors (Lipinski definition) is 3. The Hall–Kier alpha value is -0.970. The molecule has 1 heterocycles. The van der Waals surface area contributed by atoms with E-state index in [0.717, 1.165) is 5.56 Å². The lowest BCUT2D eigenvalue weighted by atomic mass is 10.1. The third kappa shape index (κ3) is 2.55. The van der Waals surface area contributed by atoms with Crippen molar-refractivity contribution in [1.29, 1.82) is 0 Å². The summed E-state index contributed by atoms with van der Waals surface area (Å²) >= 11 is 7.75. The third-order valence-electron chi connectivity index (χ3n) is 2.82. The van der Waals surface area contributed by atoms with Crippen LogP contribution in [-0.4, -0.2) is 21.1 Å². The molecule has 1 atom stereocenters. The van der Waals surface area contributed by atoms with Gasteiger partial charge in [-0.05, 0) is 30.9 Å². The van der Waals surface area contributed by atoms with Gasteiger partial charge in [-0.2, -0.15) is 5.10 Å². The van der Waals surface area contributed by atoms with E-state index in [1.54, 1.807) is 22.6 Å². The molecule has 1 aromatic carbocycles. The maximum Gasteiger partial charge on any atom is 0.122 e. The van der Waals surface area contributed by atoms with Crippen molar-refractivity contribution >= 4 is 23.4 Å². The van der Waals surface area contributed by atoms with E-state index in [1.165, 1.54) is 4.90 Å². The van der Waals surface area contributed by atoms with Gasteiger partial charge in [0.05, 0.1) is 16.9 Å². The Morgan fingerprint density at radius 1 is 1.39 bits per heavy atom. The molecule has 3 nitrogen and oxygen atoms in total. The molecular formula is C13H15ClN2OS. The zero-order valence-electron chi connectivity index (χ0n) is 10.3. The first-order chi connectivity index (χ1) is 8.67. The maximum atomic E-state index is 10.4. The van der Waals surface area contributed by atoms with Crippen molar-refractivity contribution < 1.29 is 5.11 Å². The van der Waals surface area contributed by atoms with E-state index in [4.69, 9.17) is 11.6 Å². The average Bonchev–Trinajstić information content (AvgIpc) is 2.79. The average molecular weight is 283 g/mol. The summed E-state index contributed by atoms with van der Waals surface area (Å²) in [5, 5.41) is 15.0. The topological polar surface area (TPSA) is 38.0 Å². The van der Waals surface area contributed by atoms with Crippen LogP contribution in [-0.2, 0) is 6.54 Å². The zero-order valence-corrected chi connectivity index (χ0v) is 11.9. The zero-order chi connectivity index (χ0) is 13.1. The van der Waals surface area contributed by atoms with Gasteiger partial charge in [-0.15, -0.1) is 11.8 Å². The second kappa shape index (κ2) is 5.78. The summed E-state index contributed by atoms with van der Waals surface area (Å²) in [5.41, 5.74) is 1.47. The molecule has 2 rings (SSSR count). The highest BCUT2D eigenvalue weighted by molar-refractivity contribution is 7.98. The molecule has 0 radical (unpaired) electrons. The summed E-state index contributed by atoms with van der Waals surface area (Å²) in [4.78, 5) is 1.17. The first-order valence-electron chi connectivity index (χ1n) is 5.70. The minimum atomic E-state index is -0.740. The molecule has 96 valence electrons. The predicted molar refractivity (Wildman–Crippen MR) is 75.2 cm³/mol. The molecule has 2 aromatic rings. The van der Waals surface area contributed by atoms with Gasteiger partial charge in [0.25, 0.3) is 0 Å². The largest absolute Gasteiger partial charge is 0.382 e. The van der Waals surface area contributed by atoms with Crippen molar-refractivity contribution in [2.24, 2.45) is 0 Å². The van der Waals surface area contributed by atoms with Crippen molar-refractivity contribution in [3.63, 3.8) is 0 Å². The van der Waals surface area contributed by atoms with Gasteiger partial charge in [-0.3, -0.25) is 4.68 Å². The molecule has 0 saturated heterocycles. The molecule has 0 spiro atoms. The van der Waals surface area contributed by atoms with Crippen LogP contribution in [0.25, 0.3) is 0 Å². The molecule has 0 aliphatic heterocycles. The fraction of sp³-hybridized carbons (Fsp3) is 0.308. The summed E-state index contributed by atoms with van der Waals surface area (Å²) in [6.45, 7) is 2.65. The molecule has 1 aromatic heterocycles. The summed E-state index contributed by atoms with van der Waals surface area (Å²) < 4.78 is 1.72. The number of aryl methyl sites for hydroxylation is 1. The van der Waals surface area contributed by atoms with Gasteiger partial charge in [-0.25, -0.2) is 0 Å². The lowest BCUT2D eigenvalue weighted by Gasteiger charge is -2.13. The highest BCUT2D eigenvalue weighted by Gasteiger charge is 2.19. The monoisotopic (exact) mass is 282 g/mol. The van der Waals surface area contributed by atoms with E-state index in [2.05, 4.69) is 5.10 Å². The maximum absolute atomic E-state index is 10.4. The SMILES string of the molecule is CCn1ncc(Cl)c1C(O)c1ccc(SC)cc1. The predicted octanol–water partition coefficient (Wildman–Crippen LogP) is 3.36. The number of hydrogen-bond donors (Lipinski definition) is 1. The quantitative estimate of drug-likeness (QED) is 0.874. The Morgan fingerprint density at radius 2 is 2.06 bits per heavy atom. The van der Waals surface area contributed by atoms with E-state index in [1.807, 2.05) is 37.4 Å². The summed E-state index contributed by atoms with van der Waals surface area (Å²) in [7, 11) is 0. The number of nitrogens with zero attached hydrogens (tertiary/aromatic N) is 2. The molecule has 0 amide bonds. The number of aliphatic hydroxyl groups is 1. The minimum absolute atomic E-state index is 0.498. The standard InChI is InChI=1S/C13H15ClN2OS/c1-3-16-12(11(14)8-15-16)13(17)9-4-6-10(18-2)7-5-9/h4-8,13,17H,3H2,1-2H3. The Bertz CT molecular complexity index is 524. The van der Waals surface area contributed by atoms with E-state index in [-0.39, 0.29) is 0 Å². The number of rotatable bonds is 4. The molecule has 0 aliphatic rings. The van der Waals surface area contributed by atoms with Gasteiger partial charge in [0.1, 0.15) is 6.10 Å². The van der Waals surface area contributed by atoms with Gasteiger partial charge in [0.15, 0.2) is 0 Å². The Labute approximate surface area is 116 Å². The van der Waals surface area contributed by atoms with Crippen LogP contribution in [0.15, 0.2) is 35.4 Å². The van der Waals surface area contributed by atoms with Gasteiger partial charge in [0.2, 0.25) is 0 Å². The number of thioether (sulfide) groups is 1. The van der Waals surface area contributed by atoms with Crippen molar-refractivity contribution in [2.45, 2.75) is 24.5 Å². The van der Waals surface area contributed by atoms with Crippen molar-refractivity contribution in [2.75, 3.05) is 6.26 Å². The smallest absolute Gasteiger partial charge is 0.122 e. The second-order valence-corrected chi connectivity index (χ2v) is 5.16. The van der Waals surface area contributed by atoms with Crippen LogP contribution < -0.4 is 0 Å². The number of benzene rings is 1. The molecule has 1 unspecified atom stereocenters. The van der Waals surface area contributed by atoms with Gasteiger partial charge >= 0.3 is 0 Å². The molecule has 18 heavy (non-hydrogen) atoms. The summed E-state index contributed by atoms with van der Waals surface area (Å²) in [5.74, 6) is 0. The van der Waals surface area contributed by atoms with Gasteiger partial charge < -0.3 is 5.11 Å². The second-order valence-electron chi connectivity index (χ2n) is 3.87. The van der Waals surface area contributed by atoms with Crippen LogP contribution in [0.5, 0.6) is 0 Å². The van der Waals surface area contributed by atoms with Crippen molar-refractivity contribution in [1.82, 2.24) is 9.78 Å². The lowest BCUT2D eigenvalue weighted by molar-refractivity contribution is 0.208. The number of halogens is 1. The molecular weight excluding hydrogens is 268 g/mol. The van der Waals surface area contributed by atoms with Crippen LogP contribution in [0.2, 0.25) is 5.02 Å². The normalized spacial score (nSPS) is 12.7. The fourth-order valence-electron chi connectivity index (χ4n) is 1.84.